The molecule has 7 heteroatoms. The molecule has 1 aromatic carbocycles. The average Bonchev–Trinajstić information content (AvgIpc) is 2.81. The fourth-order valence-electron chi connectivity index (χ4n) is 1.90. The van der Waals surface area contributed by atoms with Crippen molar-refractivity contribution >= 4 is 22.6 Å². The number of aromatic nitrogens is 2. The van der Waals surface area contributed by atoms with Gasteiger partial charge in [-0.3, -0.25) is 19.6 Å². The van der Waals surface area contributed by atoms with E-state index in [0.29, 0.717) is 5.52 Å². The summed E-state index contributed by atoms with van der Waals surface area (Å²) in [6.45, 7) is 1.81. The Kier molecular flexibility index (Phi) is 3.46. The van der Waals surface area contributed by atoms with Crippen LogP contribution in [0.25, 0.3) is 10.9 Å². The number of nitrogens with zero attached hydrogens (tertiary/aromatic N) is 3. The minimum Gasteiger partial charge on any atom is -0.469 e. The number of carbonyl (C=O) groups excluding carboxylic acids is 1. The number of ether oxygens (including phenoxy) is 1. The zero-order valence-corrected chi connectivity index (χ0v) is 10.6. The monoisotopic (exact) mass is 263 g/mol. The van der Waals surface area contributed by atoms with E-state index >= 15 is 0 Å². The third kappa shape index (κ3) is 2.54. The summed E-state index contributed by atoms with van der Waals surface area (Å²) in [6, 6.07) is 4.30. The summed E-state index contributed by atoms with van der Waals surface area (Å²) in [4.78, 5) is 21.6. The molecule has 19 heavy (non-hydrogen) atoms. The highest BCUT2D eigenvalue weighted by molar-refractivity contribution is 5.81. The quantitative estimate of drug-likeness (QED) is 0.478. The van der Waals surface area contributed by atoms with Gasteiger partial charge >= 0.3 is 5.97 Å². The molecule has 1 atom stereocenters. The van der Waals surface area contributed by atoms with E-state index in [9.17, 15) is 14.9 Å². The van der Waals surface area contributed by atoms with Gasteiger partial charge in [0.05, 0.1) is 36.2 Å². The van der Waals surface area contributed by atoms with Crippen molar-refractivity contribution in [3.05, 3.63) is 34.5 Å². The molecular weight excluding hydrogens is 250 g/mol. The minimum absolute atomic E-state index is 0.000446. The van der Waals surface area contributed by atoms with Crippen LogP contribution in [-0.2, 0) is 9.53 Å². The van der Waals surface area contributed by atoms with Gasteiger partial charge in [-0.15, -0.1) is 0 Å². The van der Waals surface area contributed by atoms with Crippen molar-refractivity contribution in [3.63, 3.8) is 0 Å². The Hall–Kier alpha value is -2.44. The fraction of sp³-hybridized carbons (Fsp3) is 0.333. The maximum atomic E-state index is 11.3. The molecule has 0 amide bonds. The van der Waals surface area contributed by atoms with Crippen LogP contribution in [0.4, 0.5) is 5.69 Å². The number of nitro groups is 1. The van der Waals surface area contributed by atoms with Gasteiger partial charge in [0.15, 0.2) is 0 Å². The first kappa shape index (κ1) is 13.0. The topological polar surface area (TPSA) is 87.3 Å². The lowest BCUT2D eigenvalue weighted by Gasteiger charge is -2.11. The van der Waals surface area contributed by atoms with Crippen LogP contribution >= 0.6 is 0 Å². The summed E-state index contributed by atoms with van der Waals surface area (Å²) in [5, 5.41) is 15.7. The zero-order chi connectivity index (χ0) is 14.0. The van der Waals surface area contributed by atoms with E-state index in [2.05, 4.69) is 9.84 Å². The molecule has 0 aliphatic rings. The largest absolute Gasteiger partial charge is 0.469 e. The van der Waals surface area contributed by atoms with E-state index in [0.717, 1.165) is 5.39 Å². The van der Waals surface area contributed by atoms with Gasteiger partial charge < -0.3 is 4.74 Å². The van der Waals surface area contributed by atoms with Crippen molar-refractivity contribution in [2.45, 2.75) is 19.4 Å². The standard InChI is InChI=1S/C12H13N3O4/c1-8(5-12(16)19-2)14-11-6-10(15(17)18)4-3-9(11)7-13-14/h3-4,6-8H,5H2,1-2H3. The zero-order valence-electron chi connectivity index (χ0n) is 10.6. The van der Waals surface area contributed by atoms with Crippen molar-refractivity contribution in [2.24, 2.45) is 0 Å². The van der Waals surface area contributed by atoms with Crippen LogP contribution in [0, 0.1) is 10.1 Å². The van der Waals surface area contributed by atoms with Crippen LogP contribution in [0.1, 0.15) is 19.4 Å². The molecule has 1 heterocycles. The number of nitro benzene ring substituents is 1. The summed E-state index contributed by atoms with van der Waals surface area (Å²) in [5.41, 5.74) is 0.630. The van der Waals surface area contributed by atoms with Gasteiger partial charge in [0.1, 0.15) is 0 Å². The summed E-state index contributed by atoms with van der Waals surface area (Å²) < 4.78 is 6.20. The van der Waals surface area contributed by atoms with Gasteiger partial charge in [-0.2, -0.15) is 5.10 Å². The number of non-ortho nitro benzene ring substituents is 1. The third-order valence-corrected chi connectivity index (χ3v) is 2.90. The Balaban J connectivity index is 2.40. The molecule has 2 rings (SSSR count). The van der Waals surface area contributed by atoms with E-state index in [4.69, 9.17) is 0 Å². The highest BCUT2D eigenvalue weighted by atomic mass is 16.6. The number of methoxy groups -OCH3 is 1. The molecule has 0 bridgehead atoms. The van der Waals surface area contributed by atoms with Crippen LogP contribution in [0.2, 0.25) is 0 Å². The highest BCUT2D eigenvalue weighted by Gasteiger charge is 2.16. The van der Waals surface area contributed by atoms with Gasteiger partial charge in [-0.25, -0.2) is 0 Å². The van der Waals surface area contributed by atoms with E-state index < -0.39 is 4.92 Å². The third-order valence-electron chi connectivity index (χ3n) is 2.90. The molecule has 0 saturated heterocycles. The van der Waals surface area contributed by atoms with Crippen molar-refractivity contribution in [1.29, 1.82) is 0 Å². The van der Waals surface area contributed by atoms with Gasteiger partial charge in [-0.05, 0) is 13.0 Å². The number of rotatable bonds is 4. The summed E-state index contributed by atoms with van der Waals surface area (Å²) in [6.07, 6.45) is 1.78. The lowest BCUT2D eigenvalue weighted by Crippen LogP contribution is -2.13. The predicted octanol–water partition coefficient (Wildman–Crippen LogP) is 2.07. The Morgan fingerprint density at radius 3 is 2.95 bits per heavy atom. The van der Waals surface area contributed by atoms with Crippen molar-refractivity contribution in [2.75, 3.05) is 7.11 Å². The Bertz CT molecular complexity index is 635. The molecule has 0 aliphatic carbocycles. The number of benzene rings is 1. The molecular formula is C12H13N3O4. The van der Waals surface area contributed by atoms with Crippen LogP contribution in [0.3, 0.4) is 0 Å². The smallest absolute Gasteiger partial charge is 0.307 e. The van der Waals surface area contributed by atoms with Gasteiger partial charge in [0.25, 0.3) is 5.69 Å². The minimum atomic E-state index is -0.457. The maximum Gasteiger partial charge on any atom is 0.307 e. The maximum absolute atomic E-state index is 11.3. The van der Waals surface area contributed by atoms with Gasteiger partial charge in [0.2, 0.25) is 0 Å². The lowest BCUT2D eigenvalue weighted by atomic mass is 10.2. The average molecular weight is 263 g/mol. The second-order valence-electron chi connectivity index (χ2n) is 4.22. The Labute approximate surface area is 108 Å². The van der Waals surface area contributed by atoms with Crippen molar-refractivity contribution in [3.8, 4) is 0 Å². The van der Waals surface area contributed by atoms with E-state index in [1.807, 2.05) is 6.92 Å². The van der Waals surface area contributed by atoms with Crippen molar-refractivity contribution < 1.29 is 14.5 Å². The van der Waals surface area contributed by atoms with E-state index in [1.54, 1.807) is 16.9 Å². The SMILES string of the molecule is COC(=O)CC(C)n1ncc2ccc([N+](=O)[O-])cc21. The molecule has 0 saturated carbocycles. The molecule has 7 nitrogen and oxygen atoms in total. The second-order valence-corrected chi connectivity index (χ2v) is 4.22. The van der Waals surface area contributed by atoms with E-state index in [-0.39, 0.29) is 24.1 Å². The van der Waals surface area contributed by atoms with Crippen LogP contribution in [-0.4, -0.2) is 27.8 Å². The molecule has 0 fully saturated rings. The summed E-state index contributed by atoms with van der Waals surface area (Å²) in [7, 11) is 1.32. The van der Waals surface area contributed by atoms with Crippen LogP contribution < -0.4 is 0 Å². The Morgan fingerprint density at radius 1 is 1.58 bits per heavy atom. The number of carbonyl (C=O) groups is 1. The molecule has 0 spiro atoms. The first-order valence-electron chi connectivity index (χ1n) is 5.71. The molecule has 0 aliphatic heterocycles. The van der Waals surface area contributed by atoms with Crippen molar-refractivity contribution in [1.82, 2.24) is 9.78 Å². The van der Waals surface area contributed by atoms with Crippen LogP contribution in [0.5, 0.6) is 0 Å². The first-order chi connectivity index (χ1) is 9.02. The Morgan fingerprint density at radius 2 is 2.32 bits per heavy atom. The fourth-order valence-corrected chi connectivity index (χ4v) is 1.90. The lowest BCUT2D eigenvalue weighted by molar-refractivity contribution is -0.384. The molecule has 100 valence electrons. The summed E-state index contributed by atoms with van der Waals surface area (Å²) >= 11 is 0. The highest BCUT2D eigenvalue weighted by Crippen LogP contribution is 2.24. The number of esters is 1. The molecule has 0 N–H and O–H groups in total. The molecule has 0 radical (unpaired) electrons. The number of fused-ring (bicyclic) bond motifs is 1. The number of hydrogen-bond donors (Lipinski definition) is 0. The first-order valence-corrected chi connectivity index (χ1v) is 5.71. The normalized spacial score (nSPS) is 12.3. The predicted molar refractivity (Wildman–Crippen MR) is 67.7 cm³/mol. The van der Waals surface area contributed by atoms with Gasteiger partial charge in [0, 0.05) is 17.5 Å². The van der Waals surface area contributed by atoms with Gasteiger partial charge in [-0.1, -0.05) is 0 Å². The molecule has 1 aromatic heterocycles. The van der Waals surface area contributed by atoms with E-state index in [1.165, 1.54) is 19.2 Å². The van der Waals surface area contributed by atoms with Crippen LogP contribution in [0.15, 0.2) is 24.4 Å². The molecule has 2 aromatic rings. The number of hydrogen-bond acceptors (Lipinski definition) is 5. The molecule has 1 unspecified atom stereocenters. The second kappa shape index (κ2) is 5.05. The summed E-state index contributed by atoms with van der Waals surface area (Å²) in [5.74, 6) is -0.346.